The Morgan fingerprint density at radius 1 is 1.31 bits per heavy atom. The minimum atomic E-state index is -3.39. The highest BCUT2D eigenvalue weighted by atomic mass is 35.5. The molecule has 16 heavy (non-hydrogen) atoms. The number of rotatable bonds is 5. The van der Waals surface area contributed by atoms with Crippen LogP contribution in [0.25, 0.3) is 0 Å². The predicted molar refractivity (Wildman–Crippen MR) is 64.3 cm³/mol. The maximum absolute atomic E-state index is 11.5. The van der Waals surface area contributed by atoms with Gasteiger partial charge in [-0.1, -0.05) is 0 Å². The molecule has 0 fully saturated rings. The second kappa shape index (κ2) is 5.45. The summed E-state index contributed by atoms with van der Waals surface area (Å²) in [6.45, 7) is 3.57. The van der Waals surface area contributed by atoms with E-state index in [4.69, 9.17) is 11.6 Å². The van der Waals surface area contributed by atoms with Crippen molar-refractivity contribution in [1.29, 1.82) is 0 Å². The molecule has 90 valence electrons. The number of nitrogens with one attached hydrogen (secondary N) is 1. The molecule has 0 saturated carbocycles. The summed E-state index contributed by atoms with van der Waals surface area (Å²) >= 11 is 5.44. The number of hydrogen-bond acceptors (Lipinski definition) is 4. The number of alkyl halides is 1. The first kappa shape index (κ1) is 13.2. The quantitative estimate of drug-likeness (QED) is 0.817. The Kier molecular flexibility index (Phi) is 4.49. The van der Waals surface area contributed by atoms with Crippen LogP contribution in [0.15, 0.2) is 6.07 Å². The van der Waals surface area contributed by atoms with E-state index >= 15 is 0 Å². The van der Waals surface area contributed by atoms with Crippen LogP contribution in [-0.4, -0.2) is 30.0 Å². The topological polar surface area (TPSA) is 72.0 Å². The lowest BCUT2D eigenvalue weighted by Crippen LogP contribution is -2.19. The van der Waals surface area contributed by atoms with Crippen LogP contribution in [0.1, 0.15) is 17.8 Å². The molecule has 1 rings (SSSR count). The Bertz CT molecular complexity index is 442. The third-order valence-electron chi connectivity index (χ3n) is 1.78. The first-order chi connectivity index (χ1) is 7.43. The van der Waals surface area contributed by atoms with Gasteiger partial charge in [-0.15, -0.1) is 11.6 Å². The normalized spacial score (nSPS) is 11.4. The van der Waals surface area contributed by atoms with E-state index in [1.807, 2.05) is 0 Å². The Hall–Kier alpha value is -0.880. The molecule has 0 aliphatic heterocycles. The zero-order valence-electron chi connectivity index (χ0n) is 9.20. The van der Waals surface area contributed by atoms with Crippen molar-refractivity contribution >= 4 is 27.6 Å². The largest absolute Gasteiger partial charge is 0.251 e. The van der Waals surface area contributed by atoms with Gasteiger partial charge in [-0.25, -0.2) is 18.4 Å². The van der Waals surface area contributed by atoms with Crippen LogP contribution in [0.2, 0.25) is 0 Å². The molecular formula is C9H14ClN3O2S. The van der Waals surface area contributed by atoms with E-state index in [9.17, 15) is 8.42 Å². The molecule has 0 amide bonds. The molecule has 0 spiro atoms. The summed E-state index contributed by atoms with van der Waals surface area (Å²) in [5.41, 5.74) is 1.45. The van der Waals surface area contributed by atoms with E-state index in [1.165, 1.54) is 0 Å². The average molecular weight is 264 g/mol. The number of aromatic nitrogens is 2. The molecule has 0 saturated heterocycles. The van der Waals surface area contributed by atoms with Crippen molar-refractivity contribution in [3.63, 3.8) is 0 Å². The maximum Gasteiger partial charge on any atom is 0.236 e. The summed E-state index contributed by atoms with van der Waals surface area (Å²) in [7, 11) is -3.39. The highest BCUT2D eigenvalue weighted by Crippen LogP contribution is 2.06. The molecule has 1 N–H and O–H groups in total. The molecule has 0 aromatic carbocycles. The first-order valence-electron chi connectivity index (χ1n) is 4.82. The van der Waals surface area contributed by atoms with E-state index in [-0.39, 0.29) is 11.7 Å². The Morgan fingerprint density at radius 2 is 1.88 bits per heavy atom. The smallest absolute Gasteiger partial charge is 0.236 e. The van der Waals surface area contributed by atoms with Gasteiger partial charge >= 0.3 is 0 Å². The van der Waals surface area contributed by atoms with Gasteiger partial charge < -0.3 is 0 Å². The number of anilines is 1. The van der Waals surface area contributed by atoms with Gasteiger partial charge in [0.2, 0.25) is 16.0 Å². The summed E-state index contributed by atoms with van der Waals surface area (Å²) in [6, 6.07) is 1.77. The van der Waals surface area contributed by atoms with Gasteiger partial charge in [0.05, 0.1) is 5.75 Å². The minimum Gasteiger partial charge on any atom is -0.251 e. The van der Waals surface area contributed by atoms with E-state index < -0.39 is 10.0 Å². The van der Waals surface area contributed by atoms with Crippen LogP contribution >= 0.6 is 11.6 Å². The van der Waals surface area contributed by atoms with E-state index in [1.54, 1.807) is 19.9 Å². The number of nitrogens with zero attached hydrogens (tertiary/aromatic N) is 2. The molecule has 0 unspecified atom stereocenters. The van der Waals surface area contributed by atoms with Gasteiger partial charge in [0.25, 0.3) is 0 Å². The monoisotopic (exact) mass is 263 g/mol. The van der Waals surface area contributed by atoms with E-state index in [0.29, 0.717) is 12.3 Å². The van der Waals surface area contributed by atoms with Gasteiger partial charge in [-0.3, -0.25) is 4.72 Å². The molecule has 7 heteroatoms. The van der Waals surface area contributed by atoms with Crippen molar-refractivity contribution < 1.29 is 8.42 Å². The third-order valence-corrected chi connectivity index (χ3v) is 3.36. The first-order valence-corrected chi connectivity index (χ1v) is 7.00. The van der Waals surface area contributed by atoms with Gasteiger partial charge in [0, 0.05) is 17.3 Å². The van der Waals surface area contributed by atoms with Crippen LogP contribution in [0.5, 0.6) is 0 Å². The Labute approximate surface area is 100 Å². The number of aryl methyl sites for hydroxylation is 2. The molecule has 0 radical (unpaired) electrons. The highest BCUT2D eigenvalue weighted by Gasteiger charge is 2.11. The SMILES string of the molecule is Cc1cc(C)nc(NS(=O)(=O)CCCCl)n1. The molecule has 0 atom stereocenters. The molecule has 1 heterocycles. The maximum atomic E-state index is 11.5. The van der Waals surface area contributed by atoms with Crippen LogP contribution < -0.4 is 4.72 Å². The number of sulfonamides is 1. The molecule has 1 aromatic rings. The van der Waals surface area contributed by atoms with Crippen LogP contribution in [-0.2, 0) is 10.0 Å². The van der Waals surface area contributed by atoms with E-state index in [2.05, 4.69) is 14.7 Å². The lowest BCUT2D eigenvalue weighted by molar-refractivity contribution is 0.599. The number of halogens is 1. The lowest BCUT2D eigenvalue weighted by atomic mass is 10.4. The van der Waals surface area contributed by atoms with Crippen LogP contribution in [0, 0.1) is 13.8 Å². The fourth-order valence-corrected chi connectivity index (χ4v) is 2.49. The summed E-state index contributed by atoms with van der Waals surface area (Å²) in [6.07, 6.45) is 0.404. The molecule has 0 aliphatic carbocycles. The molecule has 5 nitrogen and oxygen atoms in total. The van der Waals surface area contributed by atoms with Crippen molar-refractivity contribution in [3.8, 4) is 0 Å². The number of hydrogen-bond donors (Lipinski definition) is 1. The van der Waals surface area contributed by atoms with Crippen molar-refractivity contribution in [2.75, 3.05) is 16.4 Å². The molecular weight excluding hydrogens is 250 g/mol. The summed E-state index contributed by atoms with van der Waals surface area (Å²) < 4.78 is 25.4. The van der Waals surface area contributed by atoms with Crippen molar-refractivity contribution in [3.05, 3.63) is 17.5 Å². The third kappa shape index (κ3) is 4.32. The second-order valence-electron chi connectivity index (χ2n) is 3.44. The van der Waals surface area contributed by atoms with E-state index in [0.717, 1.165) is 11.4 Å². The van der Waals surface area contributed by atoms with Gasteiger partial charge in [0.15, 0.2) is 0 Å². The second-order valence-corrected chi connectivity index (χ2v) is 5.66. The minimum absolute atomic E-state index is 0.0210. The lowest BCUT2D eigenvalue weighted by Gasteiger charge is -2.06. The average Bonchev–Trinajstić information content (AvgIpc) is 2.12. The Morgan fingerprint density at radius 3 is 2.38 bits per heavy atom. The fraction of sp³-hybridized carbons (Fsp3) is 0.556. The van der Waals surface area contributed by atoms with Crippen molar-refractivity contribution in [2.24, 2.45) is 0 Å². The molecule has 0 bridgehead atoms. The predicted octanol–water partition coefficient (Wildman–Crippen LogP) is 1.46. The van der Waals surface area contributed by atoms with Crippen molar-refractivity contribution in [1.82, 2.24) is 9.97 Å². The molecule has 1 aromatic heterocycles. The summed E-state index contributed by atoms with van der Waals surface area (Å²) in [4.78, 5) is 7.99. The highest BCUT2D eigenvalue weighted by molar-refractivity contribution is 7.92. The van der Waals surface area contributed by atoms with Gasteiger partial charge in [0.1, 0.15) is 0 Å². The zero-order chi connectivity index (χ0) is 12.2. The van der Waals surface area contributed by atoms with Gasteiger partial charge in [-0.05, 0) is 26.3 Å². The van der Waals surface area contributed by atoms with Crippen LogP contribution in [0.4, 0.5) is 5.95 Å². The van der Waals surface area contributed by atoms with Crippen LogP contribution in [0.3, 0.4) is 0 Å². The van der Waals surface area contributed by atoms with Gasteiger partial charge in [-0.2, -0.15) is 0 Å². The summed E-state index contributed by atoms with van der Waals surface area (Å²) in [5, 5.41) is 0. The fourth-order valence-electron chi connectivity index (χ4n) is 1.21. The Balaban J connectivity index is 2.80. The molecule has 0 aliphatic rings. The zero-order valence-corrected chi connectivity index (χ0v) is 10.8. The van der Waals surface area contributed by atoms with Crippen molar-refractivity contribution in [2.45, 2.75) is 20.3 Å². The summed E-state index contributed by atoms with van der Waals surface area (Å²) in [5.74, 6) is 0.411. The standard InChI is InChI=1S/C9H14ClN3O2S/c1-7-6-8(2)12-9(11-7)13-16(14,15)5-3-4-10/h6H,3-5H2,1-2H3,(H,11,12,13).